The van der Waals surface area contributed by atoms with Crippen LogP contribution in [0.5, 0.6) is 5.75 Å². The van der Waals surface area contributed by atoms with Gasteiger partial charge in [0, 0.05) is 21.3 Å². The zero-order valence-corrected chi connectivity index (χ0v) is 12.7. The van der Waals surface area contributed by atoms with Gasteiger partial charge in [0.2, 0.25) is 5.82 Å². The monoisotopic (exact) mass is 401 g/mol. The van der Waals surface area contributed by atoms with Gasteiger partial charge in [-0.25, -0.2) is 0 Å². The smallest absolute Gasteiger partial charge is 0.305 e. The minimum Gasteiger partial charge on any atom is -0.485 e. The second kappa shape index (κ2) is 6.61. The van der Waals surface area contributed by atoms with Gasteiger partial charge in [0.15, 0.2) is 12.4 Å². The van der Waals surface area contributed by atoms with Crippen LogP contribution in [0.25, 0.3) is 0 Å². The minimum absolute atomic E-state index is 0.0666. The number of carbonyl (C=O) groups excluding carboxylic acids is 1. The predicted octanol–water partition coefficient (Wildman–Crippen LogP) is 3.60. The van der Waals surface area contributed by atoms with Crippen molar-refractivity contribution in [2.24, 2.45) is 0 Å². The lowest BCUT2D eigenvalue weighted by Gasteiger charge is -2.06. The van der Waals surface area contributed by atoms with Crippen molar-refractivity contribution in [1.29, 1.82) is 0 Å². The Morgan fingerprint density at radius 2 is 1.90 bits per heavy atom. The summed E-state index contributed by atoms with van der Waals surface area (Å²) in [6.07, 6.45) is 0. The molecule has 2 rings (SSSR count). The summed E-state index contributed by atoms with van der Waals surface area (Å²) in [5, 5.41) is 10.5. The third-order valence-electron chi connectivity index (χ3n) is 2.65. The van der Waals surface area contributed by atoms with E-state index in [0.717, 1.165) is 15.7 Å². The third kappa shape index (κ3) is 3.97. The second-order valence-electron chi connectivity index (χ2n) is 4.09. The minimum atomic E-state index is -1.00. The highest BCUT2D eigenvalue weighted by Crippen LogP contribution is 2.22. The normalized spacial score (nSPS) is 10.2. The Kier molecular flexibility index (Phi) is 4.84. The van der Waals surface area contributed by atoms with Crippen LogP contribution < -0.4 is 4.74 Å². The van der Waals surface area contributed by atoms with Gasteiger partial charge in [0.25, 0.3) is 0 Å². The quantitative estimate of drug-likeness (QED) is 0.332. The molecule has 0 aliphatic rings. The van der Waals surface area contributed by atoms with E-state index in [2.05, 4.69) is 22.6 Å². The molecule has 2 aromatic carbocycles. The highest BCUT2D eigenvalue weighted by Gasteiger charge is 2.15. The number of ketones is 1. The summed E-state index contributed by atoms with van der Waals surface area (Å²) in [7, 11) is 0. The maximum absolute atomic E-state index is 13.4. The highest BCUT2D eigenvalue weighted by atomic mass is 127. The Bertz CT molecular complexity index is 688. The molecule has 0 aliphatic carbocycles. The standard InChI is InChI=1S/C14H9FINO4/c15-12-7-11(5-6-13(12)17(19)20)21-8-14(18)9-1-3-10(16)4-2-9/h1-7H,8H2. The zero-order chi connectivity index (χ0) is 15.4. The second-order valence-corrected chi connectivity index (χ2v) is 5.33. The molecule has 0 radical (unpaired) electrons. The van der Waals surface area contributed by atoms with Crippen molar-refractivity contribution in [1.82, 2.24) is 0 Å². The average Bonchev–Trinajstić information content (AvgIpc) is 2.45. The molecule has 0 aliphatic heterocycles. The fraction of sp³-hybridized carbons (Fsp3) is 0.0714. The molecule has 0 atom stereocenters. The maximum Gasteiger partial charge on any atom is 0.305 e. The van der Waals surface area contributed by atoms with Gasteiger partial charge in [-0.15, -0.1) is 0 Å². The van der Waals surface area contributed by atoms with Crippen LogP contribution in [-0.4, -0.2) is 17.3 Å². The van der Waals surface area contributed by atoms with Crippen LogP contribution in [0, 0.1) is 19.5 Å². The molecule has 0 bridgehead atoms. The van der Waals surface area contributed by atoms with Crippen molar-refractivity contribution in [3.05, 3.63) is 67.5 Å². The number of nitro groups is 1. The Morgan fingerprint density at radius 3 is 2.48 bits per heavy atom. The van der Waals surface area contributed by atoms with E-state index in [0.29, 0.717) is 5.56 Å². The molecule has 0 N–H and O–H groups in total. The number of hydrogen-bond donors (Lipinski definition) is 0. The van der Waals surface area contributed by atoms with Crippen molar-refractivity contribution in [2.45, 2.75) is 0 Å². The molecule has 0 heterocycles. The summed E-state index contributed by atoms with van der Waals surface area (Å²) in [5.41, 5.74) is -0.149. The Balaban J connectivity index is 2.03. The lowest BCUT2D eigenvalue weighted by Crippen LogP contribution is -2.11. The maximum atomic E-state index is 13.4. The van der Waals surface area contributed by atoms with Crippen LogP contribution in [0.1, 0.15) is 10.4 Å². The number of ether oxygens (including phenoxy) is 1. The number of carbonyl (C=O) groups is 1. The van der Waals surface area contributed by atoms with Gasteiger partial charge < -0.3 is 4.74 Å². The summed E-state index contributed by atoms with van der Waals surface area (Å²) in [5.74, 6) is -1.19. The van der Waals surface area contributed by atoms with Crippen LogP contribution in [0.4, 0.5) is 10.1 Å². The number of nitro benzene ring substituents is 1. The number of Topliss-reactive ketones (excluding diaryl/α,β-unsaturated/α-hetero) is 1. The molecule has 0 unspecified atom stereocenters. The van der Waals surface area contributed by atoms with Crippen molar-refractivity contribution < 1.29 is 18.8 Å². The van der Waals surface area contributed by atoms with Crippen molar-refractivity contribution in [3.63, 3.8) is 0 Å². The van der Waals surface area contributed by atoms with Crippen molar-refractivity contribution in [2.75, 3.05) is 6.61 Å². The molecular formula is C14H9FINO4. The van der Waals surface area contributed by atoms with Crippen LogP contribution in [0.2, 0.25) is 0 Å². The van der Waals surface area contributed by atoms with Gasteiger partial charge in [-0.05, 0) is 40.8 Å². The SMILES string of the molecule is O=C(COc1ccc([N+](=O)[O-])c(F)c1)c1ccc(I)cc1. The fourth-order valence-corrected chi connectivity index (χ4v) is 1.95. The van der Waals surface area contributed by atoms with Crippen LogP contribution in [0.15, 0.2) is 42.5 Å². The summed E-state index contributed by atoms with van der Waals surface area (Å²) in [6, 6.07) is 10.1. The molecular weight excluding hydrogens is 392 g/mol. The van der Waals surface area contributed by atoms with Crippen molar-refractivity contribution >= 4 is 34.1 Å². The first-order valence-electron chi connectivity index (χ1n) is 5.83. The van der Waals surface area contributed by atoms with E-state index in [1.54, 1.807) is 24.3 Å². The summed E-state index contributed by atoms with van der Waals surface area (Å²) < 4.78 is 19.5. The molecule has 5 nitrogen and oxygen atoms in total. The molecule has 7 heteroatoms. The fourth-order valence-electron chi connectivity index (χ4n) is 1.59. The average molecular weight is 401 g/mol. The molecule has 0 aromatic heterocycles. The van der Waals surface area contributed by atoms with Crippen LogP contribution in [-0.2, 0) is 0 Å². The number of rotatable bonds is 5. The number of hydrogen-bond acceptors (Lipinski definition) is 4. The molecule has 2 aromatic rings. The van der Waals surface area contributed by atoms with E-state index >= 15 is 0 Å². The van der Waals surface area contributed by atoms with Gasteiger partial charge in [0.05, 0.1) is 4.92 Å². The summed E-state index contributed by atoms with van der Waals surface area (Å²) in [4.78, 5) is 21.5. The van der Waals surface area contributed by atoms with Crippen LogP contribution in [0.3, 0.4) is 0 Å². The predicted molar refractivity (Wildman–Crippen MR) is 82.0 cm³/mol. The van der Waals surface area contributed by atoms with E-state index < -0.39 is 16.4 Å². The number of benzene rings is 2. The Hall–Kier alpha value is -2.03. The van der Waals surface area contributed by atoms with E-state index in [-0.39, 0.29) is 18.1 Å². The molecule has 21 heavy (non-hydrogen) atoms. The first-order valence-corrected chi connectivity index (χ1v) is 6.91. The van der Waals surface area contributed by atoms with E-state index in [9.17, 15) is 19.3 Å². The van der Waals surface area contributed by atoms with Gasteiger partial charge in [-0.1, -0.05) is 12.1 Å². The first-order chi connectivity index (χ1) is 9.97. The highest BCUT2D eigenvalue weighted by molar-refractivity contribution is 14.1. The van der Waals surface area contributed by atoms with E-state index in [1.165, 1.54) is 6.07 Å². The molecule has 0 saturated heterocycles. The van der Waals surface area contributed by atoms with Gasteiger partial charge in [-0.3, -0.25) is 14.9 Å². The van der Waals surface area contributed by atoms with Crippen LogP contribution >= 0.6 is 22.6 Å². The van der Waals surface area contributed by atoms with E-state index in [1.807, 2.05) is 0 Å². The number of halogens is 2. The zero-order valence-electron chi connectivity index (χ0n) is 10.6. The van der Waals surface area contributed by atoms with Crippen molar-refractivity contribution in [3.8, 4) is 5.75 Å². The van der Waals surface area contributed by atoms with E-state index in [4.69, 9.17) is 4.74 Å². The molecule has 108 valence electrons. The largest absolute Gasteiger partial charge is 0.485 e. The lowest BCUT2D eigenvalue weighted by atomic mass is 10.1. The molecule has 0 spiro atoms. The molecule has 0 fully saturated rings. The van der Waals surface area contributed by atoms with Gasteiger partial charge in [0.1, 0.15) is 5.75 Å². The first kappa shape index (κ1) is 15.4. The Labute approximate surface area is 133 Å². The van der Waals surface area contributed by atoms with Gasteiger partial charge >= 0.3 is 5.69 Å². The topological polar surface area (TPSA) is 69.4 Å². The molecule has 0 amide bonds. The Morgan fingerprint density at radius 1 is 1.24 bits per heavy atom. The third-order valence-corrected chi connectivity index (χ3v) is 3.37. The summed E-state index contributed by atoms with van der Waals surface area (Å²) in [6.45, 7) is -0.266. The summed E-state index contributed by atoms with van der Waals surface area (Å²) >= 11 is 2.12. The molecule has 0 saturated carbocycles. The van der Waals surface area contributed by atoms with Gasteiger partial charge in [-0.2, -0.15) is 4.39 Å². The lowest BCUT2D eigenvalue weighted by molar-refractivity contribution is -0.387. The number of nitrogens with zero attached hydrogens (tertiary/aromatic N) is 1.